The first kappa shape index (κ1) is 22.1. The van der Waals surface area contributed by atoms with E-state index < -0.39 is 18.1 Å². The normalized spacial score (nSPS) is 13.6. The fraction of sp³-hybridized carbons (Fsp3) is 0.579. The van der Waals surface area contributed by atoms with Crippen molar-refractivity contribution in [1.29, 1.82) is 0 Å². The smallest absolute Gasteiger partial charge is 0.209 e. The molecule has 0 amide bonds. The van der Waals surface area contributed by atoms with Crippen LogP contribution in [0, 0.1) is 0 Å². The van der Waals surface area contributed by atoms with Crippen LogP contribution in [0.4, 0.5) is 0 Å². The largest absolute Gasteiger partial charge is 0.467 e. The molecule has 27 heavy (non-hydrogen) atoms. The molecular weight excluding hydrogens is 380 g/mol. The molecule has 152 valence electrons. The zero-order valence-electron chi connectivity index (χ0n) is 16.4. The topological polar surface area (TPSA) is 74.2 Å². The molecular formula is C19H32O6Si2. The van der Waals surface area contributed by atoms with E-state index in [-0.39, 0.29) is 5.73 Å². The summed E-state index contributed by atoms with van der Waals surface area (Å²) in [6.07, 6.45) is 6.15. The SMILES string of the molecule is C[Si](C)(O)C(CCOCc1ccco1)O[SiH2]CCCCOCc1ccco1. The third-order valence-corrected chi connectivity index (χ3v) is 8.00. The van der Waals surface area contributed by atoms with Crippen LogP contribution in [-0.2, 0) is 27.1 Å². The van der Waals surface area contributed by atoms with Gasteiger partial charge in [0.2, 0.25) is 8.32 Å². The van der Waals surface area contributed by atoms with Crippen molar-refractivity contribution in [3.05, 3.63) is 48.3 Å². The summed E-state index contributed by atoms with van der Waals surface area (Å²) in [5.74, 6) is 1.68. The molecule has 2 heterocycles. The molecule has 1 N–H and O–H groups in total. The maximum absolute atomic E-state index is 10.5. The first-order valence-corrected chi connectivity index (χ1v) is 14.2. The highest BCUT2D eigenvalue weighted by Gasteiger charge is 2.30. The van der Waals surface area contributed by atoms with Gasteiger partial charge in [-0.15, -0.1) is 0 Å². The minimum absolute atomic E-state index is 0.0593. The minimum atomic E-state index is -2.34. The van der Waals surface area contributed by atoms with Crippen molar-refractivity contribution >= 4 is 18.1 Å². The van der Waals surface area contributed by atoms with E-state index in [2.05, 4.69) is 0 Å². The number of unbranched alkanes of at least 4 members (excludes halogenated alkanes) is 1. The van der Waals surface area contributed by atoms with Crippen LogP contribution in [0.25, 0.3) is 0 Å². The molecule has 6 nitrogen and oxygen atoms in total. The molecule has 0 bridgehead atoms. The van der Waals surface area contributed by atoms with E-state index in [0.717, 1.165) is 43.4 Å². The summed E-state index contributed by atoms with van der Waals surface area (Å²) in [5.41, 5.74) is -0.0593. The Kier molecular flexibility index (Phi) is 10.1. The first-order chi connectivity index (χ1) is 13.1. The number of furan rings is 2. The Hall–Kier alpha value is -1.17. The lowest BCUT2D eigenvalue weighted by molar-refractivity contribution is 0.0850. The van der Waals surface area contributed by atoms with Crippen molar-refractivity contribution in [2.24, 2.45) is 0 Å². The van der Waals surface area contributed by atoms with Gasteiger partial charge in [0.25, 0.3) is 0 Å². The maximum atomic E-state index is 10.5. The number of hydrogen-bond donors (Lipinski definition) is 1. The van der Waals surface area contributed by atoms with E-state index in [1.807, 2.05) is 37.4 Å². The van der Waals surface area contributed by atoms with Crippen LogP contribution in [0.15, 0.2) is 45.6 Å². The Morgan fingerprint density at radius 3 is 2.19 bits per heavy atom. The first-order valence-electron chi connectivity index (χ1n) is 9.60. The van der Waals surface area contributed by atoms with Crippen LogP contribution < -0.4 is 0 Å². The predicted octanol–water partition coefficient (Wildman–Crippen LogP) is 3.40. The summed E-state index contributed by atoms with van der Waals surface area (Å²) in [5, 5.41) is 0. The van der Waals surface area contributed by atoms with E-state index in [1.165, 1.54) is 0 Å². The van der Waals surface area contributed by atoms with E-state index in [1.54, 1.807) is 12.5 Å². The van der Waals surface area contributed by atoms with Crippen LogP contribution >= 0.6 is 0 Å². The summed E-state index contributed by atoms with van der Waals surface area (Å²) in [4.78, 5) is 10.5. The lowest BCUT2D eigenvalue weighted by Crippen LogP contribution is -2.45. The lowest BCUT2D eigenvalue weighted by atomic mass is 10.3. The molecule has 0 aliphatic heterocycles. The molecule has 0 saturated carbocycles. The van der Waals surface area contributed by atoms with Gasteiger partial charge in [-0.2, -0.15) is 0 Å². The predicted molar refractivity (Wildman–Crippen MR) is 109 cm³/mol. The highest BCUT2D eigenvalue weighted by Crippen LogP contribution is 2.14. The van der Waals surface area contributed by atoms with Gasteiger partial charge in [0.1, 0.15) is 24.7 Å². The highest BCUT2D eigenvalue weighted by atomic mass is 28.4. The van der Waals surface area contributed by atoms with Crippen LogP contribution in [0.2, 0.25) is 19.1 Å². The highest BCUT2D eigenvalue weighted by molar-refractivity contribution is 6.71. The Balaban J connectivity index is 1.50. The quantitative estimate of drug-likeness (QED) is 0.357. The molecule has 2 rings (SSSR count). The van der Waals surface area contributed by atoms with Gasteiger partial charge in [0.15, 0.2) is 9.76 Å². The van der Waals surface area contributed by atoms with Crippen LogP contribution in [0.1, 0.15) is 30.8 Å². The Bertz CT molecular complexity index is 580. The molecule has 2 aromatic rings. The van der Waals surface area contributed by atoms with Gasteiger partial charge in [-0.1, -0.05) is 6.42 Å². The molecule has 0 fully saturated rings. The lowest BCUT2D eigenvalue weighted by Gasteiger charge is -2.27. The van der Waals surface area contributed by atoms with Crippen molar-refractivity contribution in [1.82, 2.24) is 0 Å². The van der Waals surface area contributed by atoms with Crippen molar-refractivity contribution in [3.63, 3.8) is 0 Å². The summed E-state index contributed by atoms with van der Waals surface area (Å²) in [6.45, 7) is 6.16. The summed E-state index contributed by atoms with van der Waals surface area (Å²) in [6, 6.07) is 8.62. The van der Waals surface area contributed by atoms with Crippen molar-refractivity contribution < 1.29 is 27.5 Å². The van der Waals surface area contributed by atoms with Gasteiger partial charge in [-0.3, -0.25) is 0 Å². The monoisotopic (exact) mass is 412 g/mol. The van der Waals surface area contributed by atoms with E-state index in [9.17, 15) is 4.80 Å². The van der Waals surface area contributed by atoms with Gasteiger partial charge >= 0.3 is 0 Å². The molecule has 0 aliphatic rings. The molecule has 0 spiro atoms. The third kappa shape index (κ3) is 9.54. The van der Waals surface area contributed by atoms with Gasteiger partial charge in [-0.25, -0.2) is 0 Å². The molecule has 8 heteroatoms. The Morgan fingerprint density at radius 2 is 1.63 bits per heavy atom. The number of ether oxygens (including phenoxy) is 2. The molecule has 1 unspecified atom stereocenters. The van der Waals surface area contributed by atoms with Gasteiger partial charge in [0.05, 0.1) is 18.3 Å². The van der Waals surface area contributed by atoms with Crippen molar-refractivity contribution in [2.45, 2.75) is 57.3 Å². The summed E-state index contributed by atoms with van der Waals surface area (Å²) in [7, 11) is -2.98. The van der Waals surface area contributed by atoms with Crippen LogP contribution in [-0.4, -0.2) is 41.8 Å². The minimum Gasteiger partial charge on any atom is -0.467 e. The standard InChI is InChI=1S/C19H32O6Si2/c1-27(2,20)19(9-13-22-16-18-8-6-12-24-18)25-26-14-4-3-10-21-15-17-7-5-11-23-17/h5-8,11-12,19-20H,3-4,9-10,13-16,26H2,1-2H3. The van der Waals surface area contributed by atoms with Crippen molar-refractivity contribution in [2.75, 3.05) is 13.2 Å². The Labute approximate surface area is 164 Å². The number of rotatable bonds is 15. The second-order valence-corrected chi connectivity index (χ2v) is 12.5. The average Bonchev–Trinajstić information content (AvgIpc) is 3.31. The molecule has 0 aromatic carbocycles. The second-order valence-electron chi connectivity index (χ2n) is 7.13. The van der Waals surface area contributed by atoms with Gasteiger partial charge in [0, 0.05) is 13.2 Å². The van der Waals surface area contributed by atoms with E-state index in [4.69, 9.17) is 22.7 Å². The third-order valence-electron chi connectivity index (χ3n) is 4.21. The van der Waals surface area contributed by atoms with E-state index >= 15 is 0 Å². The van der Waals surface area contributed by atoms with Crippen LogP contribution in [0.5, 0.6) is 0 Å². The molecule has 0 saturated heterocycles. The molecule has 1 atom stereocenters. The zero-order valence-corrected chi connectivity index (χ0v) is 18.8. The fourth-order valence-corrected chi connectivity index (χ4v) is 6.66. The van der Waals surface area contributed by atoms with Gasteiger partial charge < -0.3 is 27.5 Å². The van der Waals surface area contributed by atoms with Gasteiger partial charge in [-0.05, 0) is 56.2 Å². The van der Waals surface area contributed by atoms with Crippen LogP contribution in [0.3, 0.4) is 0 Å². The Morgan fingerprint density at radius 1 is 1.00 bits per heavy atom. The van der Waals surface area contributed by atoms with E-state index in [0.29, 0.717) is 19.8 Å². The number of hydrogen-bond acceptors (Lipinski definition) is 6. The summed E-state index contributed by atoms with van der Waals surface area (Å²) >= 11 is 0. The fourth-order valence-electron chi connectivity index (χ4n) is 2.67. The second kappa shape index (κ2) is 12.3. The molecule has 2 aromatic heterocycles. The maximum Gasteiger partial charge on any atom is 0.209 e. The van der Waals surface area contributed by atoms with Crippen molar-refractivity contribution in [3.8, 4) is 0 Å². The molecule has 0 radical (unpaired) electrons. The average molecular weight is 413 g/mol. The summed E-state index contributed by atoms with van der Waals surface area (Å²) < 4.78 is 27.8. The zero-order chi connectivity index (χ0) is 19.4. The molecule has 0 aliphatic carbocycles.